The summed E-state index contributed by atoms with van der Waals surface area (Å²) < 4.78 is 49.9. The van der Waals surface area contributed by atoms with Gasteiger partial charge in [0.2, 0.25) is 0 Å². The Kier molecular flexibility index (Phi) is 7.60. The summed E-state index contributed by atoms with van der Waals surface area (Å²) in [5.74, 6) is -0.0283. The van der Waals surface area contributed by atoms with Gasteiger partial charge in [-0.3, -0.25) is 9.29 Å². The number of urea groups is 1. The molecule has 5 rings (SSSR count). The molecule has 0 fully saturated rings. The fraction of sp³-hybridized carbons (Fsp3) is 0.143. The van der Waals surface area contributed by atoms with Gasteiger partial charge in [-0.2, -0.15) is 0 Å². The smallest absolute Gasteiger partial charge is 0.406 e. The molecule has 2 amide bonds. The molecule has 204 valence electrons. The summed E-state index contributed by atoms with van der Waals surface area (Å²) in [7, 11) is 0. The Bertz CT molecular complexity index is 1700. The normalized spacial score (nSPS) is 11.9. The van der Waals surface area contributed by atoms with E-state index >= 15 is 0 Å². The van der Waals surface area contributed by atoms with Gasteiger partial charge in [0, 0.05) is 16.8 Å². The van der Waals surface area contributed by atoms with E-state index in [-0.39, 0.29) is 17.7 Å². The van der Waals surface area contributed by atoms with Crippen LogP contribution in [0.15, 0.2) is 83.5 Å². The maximum atomic E-state index is 12.5. The van der Waals surface area contributed by atoms with E-state index in [1.807, 2.05) is 42.5 Å². The largest absolute Gasteiger partial charge is 0.573 e. The number of nitrogens with zero attached hydrogens (tertiary/aromatic N) is 4. The van der Waals surface area contributed by atoms with Crippen LogP contribution in [-0.2, 0) is 0 Å². The van der Waals surface area contributed by atoms with Crippen LogP contribution < -0.4 is 14.8 Å². The van der Waals surface area contributed by atoms with Gasteiger partial charge in [0.1, 0.15) is 12.1 Å². The Morgan fingerprint density at radius 2 is 1.82 bits per heavy atom. The molecule has 0 bridgehead atoms. The van der Waals surface area contributed by atoms with Gasteiger partial charge in [0.15, 0.2) is 0 Å². The Morgan fingerprint density at radius 3 is 2.58 bits per heavy atom. The van der Waals surface area contributed by atoms with Crippen LogP contribution in [0, 0.1) is 0 Å². The van der Waals surface area contributed by atoms with Gasteiger partial charge < -0.3 is 10.1 Å². The number of anilines is 1. The van der Waals surface area contributed by atoms with E-state index in [9.17, 15) is 18.0 Å². The first-order valence-electron chi connectivity index (χ1n) is 12.2. The van der Waals surface area contributed by atoms with Crippen molar-refractivity contribution in [1.82, 2.24) is 19.3 Å². The molecule has 0 spiro atoms. The number of aromatic nitrogens is 3. The van der Waals surface area contributed by atoms with Gasteiger partial charge >= 0.3 is 12.4 Å². The van der Waals surface area contributed by atoms with Gasteiger partial charge in [0.25, 0.3) is 0 Å². The highest BCUT2D eigenvalue weighted by atomic mass is 32.2. The lowest BCUT2D eigenvalue weighted by Crippen LogP contribution is -2.23. The molecule has 3 aromatic carbocycles. The summed E-state index contributed by atoms with van der Waals surface area (Å²) in [4.78, 5) is 21.4. The van der Waals surface area contributed by atoms with Crippen LogP contribution in [-0.4, -0.2) is 33.1 Å². The average molecular weight is 565 g/mol. The zero-order valence-electron chi connectivity index (χ0n) is 21.3. The van der Waals surface area contributed by atoms with Crippen molar-refractivity contribution >= 4 is 52.0 Å². The fourth-order valence-corrected chi connectivity index (χ4v) is 4.54. The van der Waals surface area contributed by atoms with Gasteiger partial charge in [-0.25, -0.2) is 19.2 Å². The number of rotatable bonds is 7. The molecule has 0 aliphatic heterocycles. The molecule has 12 heteroatoms. The number of hydrogen-bond acceptors (Lipinski definition) is 6. The van der Waals surface area contributed by atoms with Crippen molar-refractivity contribution in [3.8, 4) is 11.4 Å². The van der Waals surface area contributed by atoms with Crippen molar-refractivity contribution in [2.24, 2.45) is 4.40 Å². The van der Waals surface area contributed by atoms with Gasteiger partial charge in [-0.15, -0.1) is 13.2 Å². The van der Waals surface area contributed by atoms with E-state index in [0.717, 1.165) is 34.3 Å². The summed E-state index contributed by atoms with van der Waals surface area (Å²) in [5, 5.41) is 3.64. The minimum Gasteiger partial charge on any atom is -0.406 e. The first kappa shape index (κ1) is 27.0. The molecule has 0 aliphatic carbocycles. The predicted molar refractivity (Wildman–Crippen MR) is 151 cm³/mol. The number of imidazole rings is 1. The summed E-state index contributed by atoms with van der Waals surface area (Å²) in [5.41, 5.74) is 5.16. The molecule has 5 aromatic rings. The number of benzene rings is 3. The van der Waals surface area contributed by atoms with E-state index in [1.165, 1.54) is 24.3 Å². The molecule has 0 aliphatic rings. The number of para-hydroxylation sites is 1. The quantitative estimate of drug-likeness (QED) is 0.159. The van der Waals surface area contributed by atoms with Crippen LogP contribution in [0.25, 0.3) is 27.6 Å². The topological polar surface area (TPSA) is 93.4 Å². The first-order valence-corrected chi connectivity index (χ1v) is 12.9. The van der Waals surface area contributed by atoms with E-state index in [0.29, 0.717) is 22.4 Å². The van der Waals surface area contributed by atoms with E-state index < -0.39 is 6.36 Å². The number of nitrogens with one attached hydrogen (secondary N) is 2. The molecule has 8 nitrogen and oxygen atoms in total. The SMILES string of the molecule is CC(C)c1ccccc1NC(=O)NS/N=C/c1ccc2c(ccc3c2ncn3-c2ccc(OC(F)(F)F)cc2)n1. The van der Waals surface area contributed by atoms with Crippen LogP contribution in [0.5, 0.6) is 5.75 Å². The highest BCUT2D eigenvalue weighted by Gasteiger charge is 2.31. The molecule has 2 heterocycles. The third-order valence-electron chi connectivity index (χ3n) is 5.96. The van der Waals surface area contributed by atoms with Crippen LogP contribution in [0.3, 0.4) is 0 Å². The predicted octanol–water partition coefficient (Wildman–Crippen LogP) is 7.40. The van der Waals surface area contributed by atoms with Crippen molar-refractivity contribution < 1.29 is 22.7 Å². The maximum Gasteiger partial charge on any atom is 0.573 e. The van der Waals surface area contributed by atoms with Gasteiger partial charge in [-0.05, 0) is 66.1 Å². The first-order chi connectivity index (χ1) is 19.2. The summed E-state index contributed by atoms with van der Waals surface area (Å²) in [6.45, 7) is 4.12. The van der Waals surface area contributed by atoms with Crippen molar-refractivity contribution in [3.63, 3.8) is 0 Å². The molecule has 0 saturated carbocycles. The fourth-order valence-electron chi connectivity index (χ4n) is 4.20. The number of amides is 2. The number of pyridine rings is 1. The van der Waals surface area contributed by atoms with E-state index in [1.54, 1.807) is 23.2 Å². The lowest BCUT2D eigenvalue weighted by molar-refractivity contribution is -0.274. The average Bonchev–Trinajstić information content (AvgIpc) is 3.35. The van der Waals surface area contributed by atoms with E-state index in [2.05, 4.69) is 43.0 Å². The molecule has 2 N–H and O–H groups in total. The summed E-state index contributed by atoms with van der Waals surface area (Å²) in [6.07, 6.45) is -1.60. The highest BCUT2D eigenvalue weighted by molar-refractivity contribution is 7.96. The maximum absolute atomic E-state index is 12.5. The minimum absolute atomic E-state index is 0.268. The monoisotopic (exact) mass is 564 g/mol. The van der Waals surface area contributed by atoms with Crippen molar-refractivity contribution in [2.45, 2.75) is 26.1 Å². The lowest BCUT2D eigenvalue weighted by atomic mass is 10.0. The highest BCUT2D eigenvalue weighted by Crippen LogP contribution is 2.28. The third kappa shape index (κ3) is 6.18. The number of carbonyl (C=O) groups is 1. The molecule has 40 heavy (non-hydrogen) atoms. The van der Waals surface area contributed by atoms with Crippen LogP contribution in [0.2, 0.25) is 0 Å². The van der Waals surface area contributed by atoms with Crippen molar-refractivity contribution in [1.29, 1.82) is 0 Å². The van der Waals surface area contributed by atoms with Crippen LogP contribution in [0.1, 0.15) is 31.0 Å². The van der Waals surface area contributed by atoms with Gasteiger partial charge in [-0.1, -0.05) is 32.0 Å². The second-order valence-electron chi connectivity index (χ2n) is 9.02. The zero-order valence-corrected chi connectivity index (χ0v) is 22.1. The second kappa shape index (κ2) is 11.3. The molecule has 0 unspecified atom stereocenters. The molecule has 0 radical (unpaired) electrons. The molecule has 0 atom stereocenters. The number of alkyl halides is 3. The Hall–Kier alpha value is -4.58. The molecule has 2 aromatic heterocycles. The Labute approximate surface area is 231 Å². The van der Waals surface area contributed by atoms with Crippen LogP contribution in [0.4, 0.5) is 23.7 Å². The van der Waals surface area contributed by atoms with Crippen LogP contribution >= 0.6 is 12.1 Å². The number of carbonyl (C=O) groups excluding carboxylic acids is 1. The van der Waals surface area contributed by atoms with Gasteiger partial charge in [0.05, 0.1) is 40.6 Å². The Balaban J connectivity index is 1.26. The zero-order chi connectivity index (χ0) is 28.3. The number of ether oxygens (including phenoxy) is 1. The summed E-state index contributed by atoms with van der Waals surface area (Å²) in [6, 6.07) is 20.1. The number of fused-ring (bicyclic) bond motifs is 3. The third-order valence-corrected chi connectivity index (χ3v) is 6.45. The van der Waals surface area contributed by atoms with Crippen molar-refractivity contribution in [3.05, 3.63) is 90.4 Å². The molecule has 0 saturated heterocycles. The van der Waals surface area contributed by atoms with E-state index in [4.69, 9.17) is 0 Å². The second-order valence-corrected chi connectivity index (χ2v) is 9.61. The number of hydrogen-bond donors (Lipinski definition) is 2. The van der Waals surface area contributed by atoms with Crippen molar-refractivity contribution in [2.75, 3.05) is 5.32 Å². The number of halogens is 3. The Morgan fingerprint density at radius 1 is 1.05 bits per heavy atom. The summed E-state index contributed by atoms with van der Waals surface area (Å²) >= 11 is 0.883. The standard InChI is InChI=1S/C28H23F3N6O2S/c1-17(2)21-5-3-4-6-23(21)35-27(38)36-40-33-15-18-7-12-22-24(34-18)13-14-25-26(22)32-16-37(25)19-8-10-20(11-9-19)39-28(29,30)31/h3-17H,1-2H3,(H2,35,36,38)/b33-15+. The lowest BCUT2D eigenvalue weighted by Gasteiger charge is -2.13. The molecular weight excluding hydrogens is 541 g/mol. The molecular formula is C28H23F3N6O2S. The minimum atomic E-state index is -4.75.